The molecule has 0 radical (unpaired) electrons. The number of imidazole rings is 1. The molecule has 2 atom stereocenters. The highest BCUT2D eigenvalue weighted by atomic mass is 32.2. The first kappa shape index (κ1) is 37.7. The number of amides is 1. The summed E-state index contributed by atoms with van der Waals surface area (Å²) < 4.78 is 32.6. The van der Waals surface area contributed by atoms with Crippen molar-refractivity contribution in [3.63, 3.8) is 0 Å². The Morgan fingerprint density at radius 2 is 1.85 bits per heavy atom. The monoisotopic (exact) mass is 724 g/mol. The Morgan fingerprint density at radius 1 is 1.04 bits per heavy atom. The van der Waals surface area contributed by atoms with Crippen molar-refractivity contribution in [3.05, 3.63) is 95.6 Å². The van der Waals surface area contributed by atoms with Crippen molar-refractivity contribution in [2.24, 2.45) is 5.92 Å². The number of unbranched alkanes of at least 4 members (excludes halogenated alkanes) is 1. The van der Waals surface area contributed by atoms with Crippen molar-refractivity contribution in [2.75, 3.05) is 56.3 Å². The lowest BCUT2D eigenvalue weighted by molar-refractivity contribution is -0.112. The second kappa shape index (κ2) is 18.6. The minimum atomic E-state index is -1.23. The highest BCUT2D eigenvalue weighted by molar-refractivity contribution is 7.90. The van der Waals surface area contributed by atoms with Gasteiger partial charge in [-0.1, -0.05) is 31.5 Å². The molecule has 2 aliphatic rings. The first-order valence-corrected chi connectivity index (χ1v) is 20.0. The van der Waals surface area contributed by atoms with E-state index in [0.717, 1.165) is 115 Å². The van der Waals surface area contributed by atoms with Gasteiger partial charge in [-0.3, -0.25) is 4.79 Å². The Bertz CT molecular complexity index is 1780. The van der Waals surface area contributed by atoms with Crippen LogP contribution in [0.25, 0.3) is 17.2 Å². The summed E-state index contributed by atoms with van der Waals surface area (Å²) in [5, 5.41) is 3.11. The van der Waals surface area contributed by atoms with Crippen molar-refractivity contribution >= 4 is 34.5 Å². The van der Waals surface area contributed by atoms with Crippen LogP contribution in [0.5, 0.6) is 5.75 Å². The molecular formula is C42H52N4O5S. The molecule has 0 bridgehead atoms. The molecule has 1 fully saturated rings. The lowest BCUT2D eigenvalue weighted by Gasteiger charge is -2.31. The number of aromatic nitrogens is 2. The van der Waals surface area contributed by atoms with E-state index < -0.39 is 11.2 Å². The smallest absolute Gasteiger partial charge is 0.251 e. The number of aryl methyl sites for hydroxylation is 2. The van der Waals surface area contributed by atoms with E-state index >= 15 is 0 Å². The molecule has 0 unspecified atom stereocenters. The molecule has 1 amide bonds. The van der Waals surface area contributed by atoms with Crippen LogP contribution in [0, 0.1) is 12.8 Å². The number of nitrogens with one attached hydrogen (secondary N) is 1. The van der Waals surface area contributed by atoms with Crippen molar-refractivity contribution < 1.29 is 23.6 Å². The molecule has 9 nitrogen and oxygen atoms in total. The Hall–Kier alpha value is -4.09. The summed E-state index contributed by atoms with van der Waals surface area (Å²) in [6, 6.07) is 22.0. The molecule has 2 aliphatic heterocycles. The van der Waals surface area contributed by atoms with Gasteiger partial charge in [0.25, 0.3) is 5.91 Å². The molecule has 4 aromatic rings. The third kappa shape index (κ3) is 9.86. The van der Waals surface area contributed by atoms with E-state index in [4.69, 9.17) is 14.2 Å². The van der Waals surface area contributed by atoms with Gasteiger partial charge in [0.05, 0.1) is 30.9 Å². The number of hydrogen-bond acceptors (Lipinski definition) is 7. The summed E-state index contributed by atoms with van der Waals surface area (Å²) in [7, 11) is 0. The number of fused-ring (bicyclic) bond motifs is 1. The fourth-order valence-corrected chi connectivity index (χ4v) is 8.02. The topological polar surface area (TPSA) is 101 Å². The lowest BCUT2D eigenvalue weighted by atomic mass is 9.98. The summed E-state index contributed by atoms with van der Waals surface area (Å²) in [5.41, 5.74) is 7.59. The molecule has 276 valence electrons. The average molecular weight is 725 g/mol. The predicted molar refractivity (Wildman–Crippen MR) is 209 cm³/mol. The van der Waals surface area contributed by atoms with Crippen LogP contribution in [0.3, 0.4) is 0 Å². The zero-order chi connectivity index (χ0) is 36.3. The van der Waals surface area contributed by atoms with Crippen LogP contribution >= 0.6 is 0 Å². The highest BCUT2D eigenvalue weighted by Gasteiger charge is 2.24. The quantitative estimate of drug-likeness (QED) is 0.0923. The number of carbonyl (C=O) groups is 1. The third-order valence-corrected chi connectivity index (χ3v) is 11.2. The number of hydrogen-bond donors (Lipinski definition) is 1. The maximum atomic E-state index is 13.8. The van der Waals surface area contributed by atoms with Gasteiger partial charge in [-0.25, -0.2) is 4.98 Å². The van der Waals surface area contributed by atoms with Gasteiger partial charge >= 0.3 is 0 Å². The van der Waals surface area contributed by atoms with Crippen LogP contribution in [0.4, 0.5) is 11.4 Å². The number of anilines is 2. The van der Waals surface area contributed by atoms with Crippen molar-refractivity contribution in [1.29, 1.82) is 0 Å². The second-order valence-electron chi connectivity index (χ2n) is 13.6. The number of benzene rings is 3. The van der Waals surface area contributed by atoms with E-state index in [0.29, 0.717) is 37.0 Å². The van der Waals surface area contributed by atoms with Crippen LogP contribution in [-0.2, 0) is 37.7 Å². The number of nitrogens with zero attached hydrogens (tertiary/aromatic N) is 3. The van der Waals surface area contributed by atoms with Crippen LogP contribution in [0.15, 0.2) is 83.5 Å². The maximum absolute atomic E-state index is 13.8. The van der Waals surface area contributed by atoms with Crippen molar-refractivity contribution in [2.45, 2.75) is 70.1 Å². The lowest BCUT2D eigenvalue weighted by Crippen LogP contribution is -2.34. The van der Waals surface area contributed by atoms with Crippen molar-refractivity contribution in [3.8, 4) is 16.9 Å². The molecule has 6 rings (SSSR count). The summed E-state index contributed by atoms with van der Waals surface area (Å²) in [6.07, 6.45) is 8.87. The van der Waals surface area contributed by atoms with E-state index in [1.54, 1.807) is 6.33 Å². The third-order valence-electron chi connectivity index (χ3n) is 9.84. The minimum Gasteiger partial charge on any atom is -0.611 e. The number of ether oxygens (including phenoxy) is 3. The normalized spacial score (nSPS) is 16.5. The SMILES string of the molecule is CCCCOCCOc1ccc(-c2ccc3c(c2)C=C(C(=O)Nc2ccc([S@+]([O-])Cc4c(C)ncn4CC)cc2)CCN3C[C@@H]2CCCOC2)cc1. The van der Waals surface area contributed by atoms with Gasteiger partial charge in [-0.05, 0) is 128 Å². The number of rotatable bonds is 16. The highest BCUT2D eigenvalue weighted by Crippen LogP contribution is 2.34. The fourth-order valence-electron chi connectivity index (χ4n) is 6.79. The summed E-state index contributed by atoms with van der Waals surface area (Å²) in [4.78, 5) is 21.3. The first-order valence-electron chi connectivity index (χ1n) is 18.7. The molecular weight excluding hydrogens is 673 g/mol. The molecule has 3 heterocycles. The van der Waals surface area contributed by atoms with Gasteiger partial charge in [0.15, 0.2) is 10.6 Å². The molecule has 0 aliphatic carbocycles. The van der Waals surface area contributed by atoms with E-state index in [1.807, 2.05) is 54.0 Å². The predicted octanol–water partition coefficient (Wildman–Crippen LogP) is 8.04. The van der Waals surface area contributed by atoms with Crippen LogP contribution in [0.1, 0.15) is 62.9 Å². The molecule has 1 saturated heterocycles. The molecule has 3 aromatic carbocycles. The Morgan fingerprint density at radius 3 is 2.60 bits per heavy atom. The average Bonchev–Trinajstić information content (AvgIpc) is 3.42. The van der Waals surface area contributed by atoms with Crippen molar-refractivity contribution in [1.82, 2.24) is 9.55 Å². The molecule has 1 aromatic heterocycles. The Labute approximate surface area is 311 Å². The minimum absolute atomic E-state index is 0.129. The first-order chi connectivity index (χ1) is 25.4. The van der Waals surface area contributed by atoms with Crippen LogP contribution in [-0.4, -0.2) is 66.1 Å². The van der Waals surface area contributed by atoms with Crippen LogP contribution < -0.4 is 15.0 Å². The van der Waals surface area contributed by atoms with Gasteiger partial charge in [0, 0.05) is 49.8 Å². The Kier molecular flexibility index (Phi) is 13.5. The van der Waals surface area contributed by atoms with Gasteiger partial charge < -0.3 is 33.5 Å². The van der Waals surface area contributed by atoms with E-state index in [9.17, 15) is 9.35 Å². The van der Waals surface area contributed by atoms with Gasteiger partial charge in [-0.15, -0.1) is 0 Å². The number of carbonyl (C=O) groups excluding carboxylic acids is 1. The van der Waals surface area contributed by atoms with E-state index in [-0.39, 0.29) is 5.91 Å². The van der Waals surface area contributed by atoms with Gasteiger partial charge in [-0.2, -0.15) is 0 Å². The second-order valence-corrected chi connectivity index (χ2v) is 15.0. The molecule has 1 N–H and O–H groups in total. The van der Waals surface area contributed by atoms with Gasteiger partial charge in [0.2, 0.25) is 0 Å². The van der Waals surface area contributed by atoms with Crippen LogP contribution in [0.2, 0.25) is 0 Å². The molecule has 52 heavy (non-hydrogen) atoms. The molecule has 0 saturated carbocycles. The fraction of sp³-hybridized carbons (Fsp3) is 0.429. The molecule has 10 heteroatoms. The summed E-state index contributed by atoms with van der Waals surface area (Å²) >= 11 is -1.23. The summed E-state index contributed by atoms with van der Waals surface area (Å²) in [5.74, 6) is 1.54. The summed E-state index contributed by atoms with van der Waals surface area (Å²) in [6.45, 7) is 12.0. The van der Waals surface area contributed by atoms with Gasteiger partial charge in [0.1, 0.15) is 12.4 Å². The maximum Gasteiger partial charge on any atom is 0.251 e. The largest absolute Gasteiger partial charge is 0.611 e. The zero-order valence-corrected chi connectivity index (χ0v) is 31.6. The molecule has 0 spiro atoms. The zero-order valence-electron chi connectivity index (χ0n) is 30.8. The Balaban J connectivity index is 1.16. The van der Waals surface area contributed by atoms with E-state index in [1.165, 1.54) is 0 Å². The standard InChI is InChI=1S/C42H52N4O5S/c1-4-6-21-49-23-24-51-38-14-9-33(10-15-38)34-11-18-40-36(25-34)26-35(19-20-46(40)27-32-8-7-22-50-28-32)42(47)44-37-12-16-39(17-13-37)52(48)29-41-31(3)43-30-45(41)5-2/h9-18,25-26,30,32H,4-8,19-24,27-29H2,1-3H3,(H,44,47)/t32-,52+/m0/s1. The van der Waals surface area contributed by atoms with E-state index in [2.05, 4.69) is 59.4 Å².